The minimum Gasteiger partial charge on any atom is -0.467 e. The van der Waals surface area contributed by atoms with Crippen LogP contribution < -0.4 is 4.72 Å². The van der Waals surface area contributed by atoms with Crippen LogP contribution in [-0.2, 0) is 20.0 Å². The third-order valence-electron chi connectivity index (χ3n) is 3.93. The van der Waals surface area contributed by atoms with Crippen molar-refractivity contribution >= 4 is 31.4 Å². The third kappa shape index (κ3) is 3.91. The summed E-state index contributed by atoms with van der Waals surface area (Å²) in [6.45, 7) is 1.55. The van der Waals surface area contributed by atoms with E-state index in [0.29, 0.717) is 29.1 Å². The standard InChI is InChI=1S/C16H19N3O5S2/c1-3-26(22,23)18-13-7-4-6-12(10-13)14-11-15(16-8-5-9-24-16)19(17-14)25(2,20)21/h4-10,15,18H,3,11H2,1-2H3/t15-/m0/s1. The summed E-state index contributed by atoms with van der Waals surface area (Å²) in [4.78, 5) is 0. The summed E-state index contributed by atoms with van der Waals surface area (Å²) >= 11 is 0. The lowest BCUT2D eigenvalue weighted by Gasteiger charge is -2.18. The first-order valence-corrected chi connectivity index (χ1v) is 11.4. The molecule has 3 rings (SSSR count). The molecule has 2 aromatic rings. The van der Waals surface area contributed by atoms with Gasteiger partial charge in [-0.1, -0.05) is 12.1 Å². The number of furan rings is 1. The largest absolute Gasteiger partial charge is 0.467 e. The number of rotatable bonds is 6. The summed E-state index contributed by atoms with van der Waals surface area (Å²) in [5.74, 6) is 0.456. The summed E-state index contributed by atoms with van der Waals surface area (Å²) in [5.41, 5.74) is 1.58. The Morgan fingerprint density at radius 3 is 2.62 bits per heavy atom. The zero-order valence-electron chi connectivity index (χ0n) is 14.3. The Morgan fingerprint density at radius 1 is 1.23 bits per heavy atom. The predicted octanol–water partition coefficient (Wildman–Crippen LogP) is 2.15. The number of hydrogen-bond donors (Lipinski definition) is 1. The van der Waals surface area contributed by atoms with Crippen LogP contribution in [0.4, 0.5) is 5.69 Å². The Morgan fingerprint density at radius 2 is 2.00 bits per heavy atom. The van der Waals surface area contributed by atoms with Gasteiger partial charge in [0.15, 0.2) is 0 Å². The summed E-state index contributed by atoms with van der Waals surface area (Å²) in [6, 6.07) is 9.54. The van der Waals surface area contributed by atoms with Crippen molar-refractivity contribution in [3.63, 3.8) is 0 Å². The molecule has 1 aliphatic heterocycles. The summed E-state index contributed by atoms with van der Waals surface area (Å²) < 4.78 is 56.6. The Kier molecular flexibility index (Phi) is 4.80. The third-order valence-corrected chi connectivity index (χ3v) is 6.26. The molecule has 0 saturated heterocycles. The molecule has 1 aliphatic rings. The van der Waals surface area contributed by atoms with Crippen molar-refractivity contribution in [2.75, 3.05) is 16.7 Å². The van der Waals surface area contributed by atoms with Gasteiger partial charge in [-0.05, 0) is 36.8 Å². The molecular formula is C16H19N3O5S2. The summed E-state index contributed by atoms with van der Waals surface area (Å²) in [5, 5.41) is 4.25. The van der Waals surface area contributed by atoms with Gasteiger partial charge in [-0.2, -0.15) is 9.52 Å². The van der Waals surface area contributed by atoms with E-state index in [1.165, 1.54) is 6.26 Å². The van der Waals surface area contributed by atoms with E-state index in [4.69, 9.17) is 4.42 Å². The molecule has 0 saturated carbocycles. The van der Waals surface area contributed by atoms with Crippen LogP contribution in [0.3, 0.4) is 0 Å². The molecule has 140 valence electrons. The quantitative estimate of drug-likeness (QED) is 0.803. The van der Waals surface area contributed by atoms with Gasteiger partial charge in [-0.25, -0.2) is 16.8 Å². The minimum absolute atomic E-state index is 0.0411. The van der Waals surface area contributed by atoms with Gasteiger partial charge in [-0.15, -0.1) is 0 Å². The van der Waals surface area contributed by atoms with Crippen molar-refractivity contribution in [3.05, 3.63) is 54.0 Å². The molecule has 0 spiro atoms. The number of hydrazone groups is 1. The molecule has 1 N–H and O–H groups in total. The van der Waals surface area contributed by atoms with Gasteiger partial charge >= 0.3 is 0 Å². The van der Waals surface area contributed by atoms with Crippen LogP contribution in [0.5, 0.6) is 0 Å². The molecule has 0 amide bonds. The number of hydrogen-bond acceptors (Lipinski definition) is 6. The average Bonchev–Trinajstić information content (AvgIpc) is 3.23. The second-order valence-electron chi connectivity index (χ2n) is 5.90. The zero-order valence-corrected chi connectivity index (χ0v) is 15.9. The molecule has 0 unspecified atom stereocenters. The van der Waals surface area contributed by atoms with Gasteiger partial charge in [-0.3, -0.25) is 4.72 Å². The molecule has 0 fully saturated rings. The van der Waals surface area contributed by atoms with Gasteiger partial charge in [0.1, 0.15) is 11.8 Å². The van der Waals surface area contributed by atoms with Crippen molar-refractivity contribution in [1.29, 1.82) is 0 Å². The highest BCUT2D eigenvalue weighted by molar-refractivity contribution is 7.92. The SMILES string of the molecule is CCS(=O)(=O)Nc1cccc(C2=NN(S(C)(=O)=O)[C@H](c3ccco3)C2)c1. The maximum absolute atomic E-state index is 12.1. The van der Waals surface area contributed by atoms with E-state index in [9.17, 15) is 16.8 Å². The van der Waals surface area contributed by atoms with Gasteiger partial charge in [0.05, 0.1) is 24.0 Å². The van der Waals surface area contributed by atoms with Crippen LogP contribution in [0.25, 0.3) is 0 Å². The van der Waals surface area contributed by atoms with Crippen LogP contribution in [-0.4, -0.2) is 39.0 Å². The number of benzene rings is 1. The first kappa shape index (κ1) is 18.5. The minimum atomic E-state index is -3.59. The van der Waals surface area contributed by atoms with E-state index in [1.807, 2.05) is 0 Å². The molecule has 0 bridgehead atoms. The normalized spacial score (nSPS) is 18.0. The molecule has 0 radical (unpaired) electrons. The van der Waals surface area contributed by atoms with E-state index < -0.39 is 26.1 Å². The van der Waals surface area contributed by atoms with Gasteiger partial charge < -0.3 is 4.42 Å². The van der Waals surface area contributed by atoms with Crippen LogP contribution in [0.15, 0.2) is 52.2 Å². The maximum Gasteiger partial charge on any atom is 0.247 e. The van der Waals surface area contributed by atoms with E-state index in [-0.39, 0.29) is 5.75 Å². The van der Waals surface area contributed by atoms with Crippen LogP contribution in [0.2, 0.25) is 0 Å². The van der Waals surface area contributed by atoms with Gasteiger partial charge in [0.25, 0.3) is 0 Å². The fourth-order valence-corrected chi connectivity index (χ4v) is 4.19. The summed E-state index contributed by atoms with van der Waals surface area (Å²) in [6.07, 6.45) is 2.89. The number of anilines is 1. The smallest absolute Gasteiger partial charge is 0.247 e. The van der Waals surface area contributed by atoms with Crippen LogP contribution >= 0.6 is 0 Å². The molecule has 26 heavy (non-hydrogen) atoms. The number of nitrogens with zero attached hydrogens (tertiary/aromatic N) is 2. The second kappa shape index (κ2) is 6.76. The summed E-state index contributed by atoms with van der Waals surface area (Å²) in [7, 11) is -6.99. The van der Waals surface area contributed by atoms with E-state index in [1.54, 1.807) is 43.3 Å². The van der Waals surface area contributed by atoms with Crippen molar-refractivity contribution in [3.8, 4) is 0 Å². The molecule has 1 aromatic carbocycles. The van der Waals surface area contributed by atoms with Crippen molar-refractivity contribution < 1.29 is 21.3 Å². The first-order valence-electron chi connectivity index (χ1n) is 7.91. The highest BCUT2D eigenvalue weighted by Gasteiger charge is 2.36. The lowest BCUT2D eigenvalue weighted by atomic mass is 10.0. The first-order chi connectivity index (χ1) is 12.2. The number of sulfonamides is 2. The highest BCUT2D eigenvalue weighted by Crippen LogP contribution is 2.35. The second-order valence-corrected chi connectivity index (χ2v) is 9.76. The fraction of sp³-hybridized carbons (Fsp3) is 0.312. The van der Waals surface area contributed by atoms with Crippen molar-refractivity contribution in [2.24, 2.45) is 5.10 Å². The Labute approximate surface area is 152 Å². The van der Waals surface area contributed by atoms with Gasteiger partial charge in [0.2, 0.25) is 20.0 Å². The average molecular weight is 397 g/mol. The van der Waals surface area contributed by atoms with Crippen molar-refractivity contribution in [1.82, 2.24) is 4.41 Å². The molecule has 8 nitrogen and oxygen atoms in total. The number of nitrogens with one attached hydrogen (secondary N) is 1. The monoisotopic (exact) mass is 397 g/mol. The van der Waals surface area contributed by atoms with E-state index in [0.717, 1.165) is 10.7 Å². The molecular weight excluding hydrogens is 378 g/mol. The van der Waals surface area contributed by atoms with Crippen LogP contribution in [0, 0.1) is 0 Å². The Balaban J connectivity index is 1.94. The Bertz CT molecular complexity index is 1030. The lowest BCUT2D eigenvalue weighted by molar-refractivity contribution is 0.322. The van der Waals surface area contributed by atoms with Crippen molar-refractivity contribution in [2.45, 2.75) is 19.4 Å². The lowest BCUT2D eigenvalue weighted by Crippen LogP contribution is -2.25. The van der Waals surface area contributed by atoms with E-state index in [2.05, 4.69) is 9.82 Å². The Hall–Kier alpha value is -2.33. The predicted molar refractivity (Wildman–Crippen MR) is 98.8 cm³/mol. The fourth-order valence-electron chi connectivity index (χ4n) is 2.68. The van der Waals surface area contributed by atoms with Crippen LogP contribution in [0.1, 0.15) is 30.7 Å². The molecule has 1 atom stereocenters. The maximum atomic E-state index is 12.1. The molecule has 10 heteroatoms. The van der Waals surface area contributed by atoms with Gasteiger partial charge in [0, 0.05) is 12.1 Å². The zero-order chi connectivity index (χ0) is 18.9. The topological polar surface area (TPSA) is 109 Å². The molecule has 0 aliphatic carbocycles. The van der Waals surface area contributed by atoms with E-state index >= 15 is 0 Å². The highest BCUT2D eigenvalue weighted by atomic mass is 32.2. The molecule has 1 aromatic heterocycles. The molecule has 2 heterocycles.